The van der Waals surface area contributed by atoms with Crippen molar-refractivity contribution in [2.75, 3.05) is 32.8 Å². The maximum Gasteiger partial charge on any atom is 0.416 e. The van der Waals surface area contributed by atoms with E-state index in [1.54, 1.807) is 12.1 Å². The third-order valence-electron chi connectivity index (χ3n) is 5.00. The lowest BCUT2D eigenvalue weighted by atomic mass is 10.2. The second kappa shape index (κ2) is 10.9. The van der Waals surface area contributed by atoms with E-state index in [9.17, 15) is 26.4 Å². The Labute approximate surface area is 190 Å². The third-order valence-corrected chi connectivity index (χ3v) is 6.91. The second-order valence-electron chi connectivity index (χ2n) is 7.45. The molecule has 0 aromatic heterocycles. The molecule has 11 heteroatoms. The third kappa shape index (κ3) is 7.10. The zero-order valence-corrected chi connectivity index (χ0v) is 18.6. The van der Waals surface area contributed by atoms with E-state index in [0.717, 1.165) is 31.4 Å². The fourth-order valence-electron chi connectivity index (χ4n) is 3.28. The zero-order chi connectivity index (χ0) is 23.9. The molecule has 33 heavy (non-hydrogen) atoms. The van der Waals surface area contributed by atoms with Gasteiger partial charge in [0.15, 0.2) is 6.61 Å². The van der Waals surface area contributed by atoms with Crippen molar-refractivity contribution in [3.63, 3.8) is 0 Å². The zero-order valence-electron chi connectivity index (χ0n) is 17.8. The Hall–Kier alpha value is -2.79. The van der Waals surface area contributed by atoms with Crippen LogP contribution in [0.3, 0.4) is 0 Å². The minimum Gasteiger partial charge on any atom is -0.492 e. The van der Waals surface area contributed by atoms with Gasteiger partial charge in [-0.15, -0.1) is 0 Å². The molecule has 7 nitrogen and oxygen atoms in total. The molecule has 1 aliphatic rings. The Morgan fingerprint density at radius 3 is 2.33 bits per heavy atom. The largest absolute Gasteiger partial charge is 0.492 e. The molecular weight excluding hydrogens is 461 g/mol. The first-order chi connectivity index (χ1) is 15.7. The van der Waals surface area contributed by atoms with Crippen molar-refractivity contribution < 1.29 is 35.9 Å². The maximum atomic E-state index is 12.7. The minimum atomic E-state index is -4.49. The first-order valence-electron chi connectivity index (χ1n) is 10.5. The van der Waals surface area contributed by atoms with E-state index in [-0.39, 0.29) is 23.8 Å². The van der Waals surface area contributed by atoms with Gasteiger partial charge in [0, 0.05) is 13.1 Å². The van der Waals surface area contributed by atoms with E-state index in [1.807, 2.05) is 0 Å². The number of sulfonamides is 1. The number of amides is 1. The van der Waals surface area contributed by atoms with Gasteiger partial charge in [0.2, 0.25) is 10.0 Å². The molecule has 1 aliphatic heterocycles. The number of carbonyl (C=O) groups is 1. The van der Waals surface area contributed by atoms with Crippen LogP contribution in [0.4, 0.5) is 13.2 Å². The van der Waals surface area contributed by atoms with E-state index in [0.29, 0.717) is 18.8 Å². The molecular formula is C22H25F3N2O5S. The molecule has 180 valence electrons. The van der Waals surface area contributed by atoms with E-state index in [2.05, 4.69) is 5.32 Å². The highest BCUT2D eigenvalue weighted by Crippen LogP contribution is 2.31. The lowest BCUT2D eigenvalue weighted by Gasteiger charge is -2.25. The van der Waals surface area contributed by atoms with Crippen LogP contribution in [-0.2, 0) is 21.0 Å². The minimum absolute atomic E-state index is 0.0594. The van der Waals surface area contributed by atoms with Crippen molar-refractivity contribution >= 4 is 15.9 Å². The summed E-state index contributed by atoms with van der Waals surface area (Å²) < 4.78 is 75.4. The number of benzene rings is 2. The summed E-state index contributed by atoms with van der Waals surface area (Å²) in [5, 5.41) is 2.53. The SMILES string of the molecule is O=C(COc1cccc(C(F)(F)F)c1)NCCOc1ccc(S(=O)(=O)N2CCCCC2)cc1. The highest BCUT2D eigenvalue weighted by molar-refractivity contribution is 7.89. The summed E-state index contributed by atoms with van der Waals surface area (Å²) >= 11 is 0. The molecule has 1 amide bonds. The number of piperidine rings is 1. The van der Waals surface area contributed by atoms with Crippen LogP contribution < -0.4 is 14.8 Å². The Balaban J connectivity index is 1.39. The van der Waals surface area contributed by atoms with E-state index in [1.165, 1.54) is 28.6 Å². The van der Waals surface area contributed by atoms with Crippen LogP contribution in [-0.4, -0.2) is 51.5 Å². The number of hydrogen-bond acceptors (Lipinski definition) is 5. The maximum absolute atomic E-state index is 12.7. The van der Waals surface area contributed by atoms with Crippen molar-refractivity contribution in [2.45, 2.75) is 30.3 Å². The molecule has 0 aliphatic carbocycles. The number of alkyl halides is 3. The Morgan fingerprint density at radius 1 is 0.970 bits per heavy atom. The molecule has 0 radical (unpaired) electrons. The summed E-state index contributed by atoms with van der Waals surface area (Å²) in [5.41, 5.74) is -0.858. The number of nitrogens with one attached hydrogen (secondary N) is 1. The molecule has 1 fully saturated rings. The Morgan fingerprint density at radius 2 is 1.67 bits per heavy atom. The van der Waals surface area contributed by atoms with Gasteiger partial charge in [0.25, 0.3) is 5.91 Å². The van der Waals surface area contributed by atoms with Gasteiger partial charge in [-0.2, -0.15) is 17.5 Å². The van der Waals surface area contributed by atoms with Crippen LogP contribution in [0.15, 0.2) is 53.4 Å². The van der Waals surface area contributed by atoms with Crippen molar-refractivity contribution in [2.24, 2.45) is 0 Å². The average Bonchev–Trinajstić information content (AvgIpc) is 2.81. The van der Waals surface area contributed by atoms with Gasteiger partial charge in [-0.1, -0.05) is 12.5 Å². The van der Waals surface area contributed by atoms with Gasteiger partial charge in [-0.05, 0) is 55.3 Å². The first-order valence-corrected chi connectivity index (χ1v) is 11.9. The molecule has 0 saturated carbocycles. The van der Waals surface area contributed by atoms with Gasteiger partial charge in [0.05, 0.1) is 17.0 Å². The van der Waals surface area contributed by atoms with Crippen molar-refractivity contribution in [1.29, 1.82) is 0 Å². The number of rotatable bonds is 9. The number of hydrogen-bond donors (Lipinski definition) is 1. The monoisotopic (exact) mass is 486 g/mol. The molecule has 2 aromatic carbocycles. The molecule has 1 saturated heterocycles. The van der Waals surface area contributed by atoms with Gasteiger partial charge in [-0.3, -0.25) is 4.79 Å². The predicted molar refractivity (Wildman–Crippen MR) is 114 cm³/mol. The number of nitrogens with zero attached hydrogens (tertiary/aromatic N) is 1. The Kier molecular flexibility index (Phi) is 8.20. The smallest absolute Gasteiger partial charge is 0.416 e. The van der Waals surface area contributed by atoms with Crippen LogP contribution in [0.25, 0.3) is 0 Å². The highest BCUT2D eigenvalue weighted by atomic mass is 32.2. The quantitative estimate of drug-likeness (QED) is 0.549. The standard InChI is InChI=1S/C22H25F3N2O5S/c23-22(24,25)17-5-4-6-19(15-17)32-16-21(28)26-11-14-31-18-7-9-20(10-8-18)33(29,30)27-12-2-1-3-13-27/h4-10,15H,1-3,11-14,16H2,(H,26,28). The van der Waals surface area contributed by atoms with Gasteiger partial charge in [-0.25, -0.2) is 8.42 Å². The van der Waals surface area contributed by atoms with E-state index >= 15 is 0 Å². The number of carbonyl (C=O) groups excluding carboxylic acids is 1. The van der Waals surface area contributed by atoms with Gasteiger partial charge in [0.1, 0.15) is 18.1 Å². The molecule has 1 N–H and O–H groups in total. The summed E-state index contributed by atoms with van der Waals surface area (Å²) in [5.74, 6) is -0.128. The molecule has 0 bridgehead atoms. The summed E-state index contributed by atoms with van der Waals surface area (Å²) in [7, 11) is -3.51. The predicted octanol–water partition coefficient (Wildman–Crippen LogP) is 3.45. The van der Waals surface area contributed by atoms with Gasteiger partial charge >= 0.3 is 6.18 Å². The average molecular weight is 487 g/mol. The Bertz CT molecular complexity index is 1040. The highest BCUT2D eigenvalue weighted by Gasteiger charge is 2.30. The molecule has 0 unspecified atom stereocenters. The summed E-state index contributed by atoms with van der Waals surface area (Å²) in [4.78, 5) is 12.0. The normalized spacial score (nSPS) is 15.1. The van der Waals surface area contributed by atoms with Crippen LogP contribution in [0, 0.1) is 0 Å². The fraction of sp³-hybridized carbons (Fsp3) is 0.409. The number of ether oxygens (including phenoxy) is 2. The van der Waals surface area contributed by atoms with Crippen molar-refractivity contribution in [3.05, 3.63) is 54.1 Å². The second-order valence-corrected chi connectivity index (χ2v) is 9.39. The lowest BCUT2D eigenvalue weighted by molar-refractivity contribution is -0.137. The van der Waals surface area contributed by atoms with Crippen molar-refractivity contribution in [3.8, 4) is 11.5 Å². The van der Waals surface area contributed by atoms with Crippen LogP contribution in [0.5, 0.6) is 11.5 Å². The van der Waals surface area contributed by atoms with Gasteiger partial charge < -0.3 is 14.8 Å². The molecule has 3 rings (SSSR count). The summed E-state index contributed by atoms with van der Waals surface area (Å²) in [6.07, 6.45) is -1.74. The molecule has 2 aromatic rings. The van der Waals surface area contributed by atoms with E-state index < -0.39 is 34.3 Å². The molecule has 1 heterocycles. The molecule has 0 spiro atoms. The number of halogens is 3. The van der Waals surface area contributed by atoms with Crippen LogP contribution in [0.2, 0.25) is 0 Å². The summed E-state index contributed by atoms with van der Waals surface area (Å²) in [6.45, 7) is 0.867. The van der Waals surface area contributed by atoms with Crippen LogP contribution in [0.1, 0.15) is 24.8 Å². The lowest BCUT2D eigenvalue weighted by Crippen LogP contribution is -2.35. The topological polar surface area (TPSA) is 84.9 Å². The fourth-order valence-corrected chi connectivity index (χ4v) is 4.80. The van der Waals surface area contributed by atoms with E-state index in [4.69, 9.17) is 9.47 Å². The summed E-state index contributed by atoms with van der Waals surface area (Å²) in [6, 6.07) is 10.4. The van der Waals surface area contributed by atoms with Crippen molar-refractivity contribution in [1.82, 2.24) is 9.62 Å². The first kappa shape index (κ1) is 24.8. The van der Waals surface area contributed by atoms with Crippen LogP contribution >= 0.6 is 0 Å². The molecule has 0 atom stereocenters.